The Bertz CT molecular complexity index is 409. The maximum absolute atomic E-state index is 11.2. The SMILES string of the molecule is O=C1[CH][CH]C(=O)c2ccccc21.[CH]1[CH]CC[CH][CH]CC1.[Pd]. The Kier molecular flexibility index (Phi) is 8.73. The quantitative estimate of drug-likeness (QED) is 0.648. The van der Waals surface area contributed by atoms with Crippen molar-refractivity contribution >= 4 is 11.6 Å². The second-order valence-corrected chi connectivity index (χ2v) is 4.70. The van der Waals surface area contributed by atoms with E-state index in [4.69, 9.17) is 0 Å². The summed E-state index contributed by atoms with van der Waals surface area (Å²) in [5, 5.41) is 0. The number of Topliss-reactive ketones (excluding diaryl/α,β-unsaturated/α-hetero) is 2. The summed E-state index contributed by atoms with van der Waals surface area (Å²) >= 11 is 0. The number of carbonyl (C=O) groups is 2. The van der Waals surface area contributed by atoms with Crippen molar-refractivity contribution in [2.24, 2.45) is 0 Å². The third-order valence-electron chi connectivity index (χ3n) is 3.18. The minimum absolute atomic E-state index is 0. The Morgan fingerprint density at radius 2 is 0.952 bits per heavy atom. The molecule has 6 radical (unpaired) electrons. The number of rotatable bonds is 0. The van der Waals surface area contributed by atoms with Crippen LogP contribution in [0.1, 0.15) is 46.4 Å². The van der Waals surface area contributed by atoms with E-state index >= 15 is 0 Å². The summed E-state index contributed by atoms with van der Waals surface area (Å²) in [5.74, 6) is -0.185. The maximum atomic E-state index is 11.2. The first-order valence-corrected chi connectivity index (χ1v) is 6.95. The van der Waals surface area contributed by atoms with Gasteiger partial charge in [0, 0.05) is 44.4 Å². The number of hydrogen-bond donors (Lipinski definition) is 0. The van der Waals surface area contributed by atoms with E-state index in [-0.39, 0.29) is 32.0 Å². The molecule has 3 rings (SSSR count). The van der Waals surface area contributed by atoms with Crippen LogP contribution in [-0.4, -0.2) is 11.6 Å². The molecule has 1 fully saturated rings. The van der Waals surface area contributed by atoms with Crippen molar-refractivity contribution in [1.82, 2.24) is 0 Å². The van der Waals surface area contributed by atoms with E-state index in [0.717, 1.165) is 0 Å². The maximum Gasteiger partial charge on any atom is 0.168 e. The predicted molar refractivity (Wildman–Crippen MR) is 79.4 cm³/mol. The van der Waals surface area contributed by atoms with Crippen molar-refractivity contribution < 1.29 is 30.0 Å². The molecule has 0 aromatic heterocycles. The predicted octanol–water partition coefficient (Wildman–Crippen LogP) is 3.85. The molecular formula is C18H18O2Pd. The number of carbonyl (C=O) groups excluding carboxylic acids is 2. The third-order valence-corrected chi connectivity index (χ3v) is 3.18. The standard InChI is InChI=1S/C10H6O2.C8H12.Pd/c11-9-5-6-10(12)8-4-2-1-3-7(8)9;1-2-4-6-8-7-5-3-1;/h1-6H;1-2,7-8H,3-6H2;. The molecule has 0 unspecified atom stereocenters. The molecule has 3 heteroatoms. The molecule has 1 saturated carbocycles. The molecule has 0 saturated heterocycles. The first-order valence-electron chi connectivity index (χ1n) is 6.95. The van der Waals surface area contributed by atoms with Gasteiger partial charge in [-0.25, -0.2) is 0 Å². The van der Waals surface area contributed by atoms with Gasteiger partial charge in [0.1, 0.15) is 0 Å². The van der Waals surface area contributed by atoms with E-state index in [9.17, 15) is 9.59 Å². The third kappa shape index (κ3) is 5.85. The van der Waals surface area contributed by atoms with Crippen LogP contribution in [-0.2, 0) is 20.4 Å². The summed E-state index contributed by atoms with van der Waals surface area (Å²) in [6.45, 7) is 0. The van der Waals surface area contributed by atoms with E-state index < -0.39 is 0 Å². The summed E-state index contributed by atoms with van der Waals surface area (Å²) < 4.78 is 0. The minimum atomic E-state index is -0.0924. The molecule has 0 atom stereocenters. The van der Waals surface area contributed by atoms with Crippen molar-refractivity contribution in [3.05, 3.63) is 73.9 Å². The number of hydrogen-bond acceptors (Lipinski definition) is 2. The Balaban J connectivity index is 0.000000216. The second kappa shape index (κ2) is 10.0. The van der Waals surface area contributed by atoms with Crippen LogP contribution in [0.3, 0.4) is 0 Å². The smallest absolute Gasteiger partial charge is 0.168 e. The fraction of sp³-hybridized carbons (Fsp3) is 0.222. The average Bonchev–Trinajstić information content (AvgIpc) is 2.43. The zero-order valence-electron chi connectivity index (χ0n) is 11.7. The summed E-state index contributed by atoms with van der Waals surface area (Å²) in [5.41, 5.74) is 1.01. The summed E-state index contributed by atoms with van der Waals surface area (Å²) in [4.78, 5) is 22.4. The Hall–Kier alpha value is -0.778. The average molecular weight is 373 g/mol. The molecule has 1 aromatic rings. The summed E-state index contributed by atoms with van der Waals surface area (Å²) in [7, 11) is 0. The van der Waals surface area contributed by atoms with Crippen molar-refractivity contribution in [3.63, 3.8) is 0 Å². The monoisotopic (exact) mass is 372 g/mol. The van der Waals surface area contributed by atoms with Crippen molar-refractivity contribution in [3.8, 4) is 0 Å². The molecule has 2 aliphatic carbocycles. The van der Waals surface area contributed by atoms with Gasteiger partial charge in [0.05, 0.1) is 0 Å². The van der Waals surface area contributed by atoms with Crippen LogP contribution in [0.4, 0.5) is 0 Å². The summed E-state index contributed by atoms with van der Waals surface area (Å²) in [6.07, 6.45) is 16.6. The van der Waals surface area contributed by atoms with E-state index in [2.05, 4.69) is 25.7 Å². The fourth-order valence-corrected chi connectivity index (χ4v) is 2.10. The van der Waals surface area contributed by atoms with Crippen LogP contribution in [0.15, 0.2) is 24.3 Å². The van der Waals surface area contributed by atoms with Crippen LogP contribution in [0, 0.1) is 38.5 Å². The molecule has 0 aliphatic heterocycles. The molecule has 0 spiro atoms. The minimum Gasteiger partial charge on any atom is -0.294 e. The zero-order valence-corrected chi connectivity index (χ0v) is 13.3. The topological polar surface area (TPSA) is 34.1 Å². The van der Waals surface area contributed by atoms with Crippen LogP contribution in [0.2, 0.25) is 0 Å². The molecule has 0 bridgehead atoms. The molecular weight excluding hydrogens is 355 g/mol. The van der Waals surface area contributed by atoms with Gasteiger partial charge in [-0.2, -0.15) is 0 Å². The van der Waals surface area contributed by atoms with Gasteiger partial charge in [0.2, 0.25) is 0 Å². The molecule has 0 amide bonds. The first-order chi connectivity index (χ1) is 9.79. The Morgan fingerprint density at radius 3 is 1.29 bits per heavy atom. The van der Waals surface area contributed by atoms with Crippen molar-refractivity contribution in [1.29, 1.82) is 0 Å². The van der Waals surface area contributed by atoms with Crippen LogP contribution >= 0.6 is 0 Å². The van der Waals surface area contributed by atoms with Gasteiger partial charge in [-0.3, -0.25) is 9.59 Å². The zero-order chi connectivity index (χ0) is 14.2. The number of benzene rings is 1. The van der Waals surface area contributed by atoms with Gasteiger partial charge in [-0.1, -0.05) is 24.3 Å². The van der Waals surface area contributed by atoms with Crippen LogP contribution in [0.25, 0.3) is 0 Å². The number of fused-ring (bicyclic) bond motifs is 1. The van der Waals surface area contributed by atoms with Gasteiger partial charge in [-0.05, 0) is 51.4 Å². The Morgan fingerprint density at radius 1 is 0.619 bits per heavy atom. The van der Waals surface area contributed by atoms with Crippen LogP contribution < -0.4 is 0 Å². The van der Waals surface area contributed by atoms with Gasteiger partial charge >= 0.3 is 0 Å². The largest absolute Gasteiger partial charge is 0.294 e. The fourth-order valence-electron chi connectivity index (χ4n) is 2.10. The molecule has 21 heavy (non-hydrogen) atoms. The van der Waals surface area contributed by atoms with Gasteiger partial charge in [0.25, 0.3) is 0 Å². The van der Waals surface area contributed by atoms with Gasteiger partial charge < -0.3 is 0 Å². The van der Waals surface area contributed by atoms with Crippen molar-refractivity contribution in [2.75, 3.05) is 0 Å². The Labute approximate surface area is 141 Å². The molecule has 0 N–H and O–H groups in total. The van der Waals surface area contributed by atoms with E-state index in [0.29, 0.717) is 11.1 Å². The summed E-state index contributed by atoms with van der Waals surface area (Å²) in [6, 6.07) is 6.84. The van der Waals surface area contributed by atoms with E-state index in [1.165, 1.54) is 38.5 Å². The number of ketones is 2. The normalized spacial score (nSPS) is 18.3. The molecule has 1 aromatic carbocycles. The van der Waals surface area contributed by atoms with E-state index in [1.807, 2.05) is 0 Å². The van der Waals surface area contributed by atoms with Gasteiger partial charge in [0.15, 0.2) is 11.6 Å². The molecule has 0 heterocycles. The molecule has 2 nitrogen and oxygen atoms in total. The molecule has 112 valence electrons. The van der Waals surface area contributed by atoms with Crippen molar-refractivity contribution in [2.45, 2.75) is 25.7 Å². The molecule has 2 aliphatic rings. The van der Waals surface area contributed by atoms with Gasteiger partial charge in [-0.15, -0.1) is 0 Å². The van der Waals surface area contributed by atoms with E-state index in [1.54, 1.807) is 24.3 Å². The second-order valence-electron chi connectivity index (χ2n) is 4.70. The first kappa shape index (κ1) is 18.3. The van der Waals surface area contributed by atoms with Crippen LogP contribution in [0.5, 0.6) is 0 Å².